The molecule has 0 saturated carbocycles. The van der Waals surface area contributed by atoms with Gasteiger partial charge in [-0.25, -0.2) is 0 Å². The van der Waals surface area contributed by atoms with Crippen molar-refractivity contribution in [1.82, 2.24) is 20.9 Å². The van der Waals surface area contributed by atoms with Gasteiger partial charge in [-0.3, -0.25) is 9.59 Å². The van der Waals surface area contributed by atoms with Gasteiger partial charge in [0.05, 0.1) is 18.7 Å². The first-order chi connectivity index (χ1) is 19.0. The number of benzene rings is 2. The van der Waals surface area contributed by atoms with Crippen LogP contribution in [0.25, 0.3) is 0 Å². The van der Waals surface area contributed by atoms with Gasteiger partial charge in [0, 0.05) is 62.5 Å². The van der Waals surface area contributed by atoms with Gasteiger partial charge >= 0.3 is 6.18 Å². The van der Waals surface area contributed by atoms with Gasteiger partial charge in [0.25, 0.3) is 0 Å². The molecule has 1 heterocycles. The summed E-state index contributed by atoms with van der Waals surface area (Å²) in [6, 6.07) is 10.6. The standard InChI is InChI=1S/C28H37BrF3N5O3/c1-19(18-40-3)34-16-21-15-22(28(30,31)32)6-9-25(21)36-10-12-37(13-11-36)27(39)24(35-26(38)17-33-2)14-20-4-7-23(29)8-5-20/h4-9,15,19,24,33-34H,10-14,16-18H2,1-3H3,(H,35,38). The third-order valence-corrected chi connectivity index (χ3v) is 7.25. The van der Waals surface area contributed by atoms with Crippen LogP contribution in [0.5, 0.6) is 0 Å². The maximum Gasteiger partial charge on any atom is 0.416 e. The number of hydrogen-bond acceptors (Lipinski definition) is 6. The molecule has 0 radical (unpaired) electrons. The van der Waals surface area contributed by atoms with Crippen molar-refractivity contribution in [2.75, 3.05) is 58.4 Å². The summed E-state index contributed by atoms with van der Waals surface area (Å²) in [4.78, 5) is 29.6. The predicted molar refractivity (Wildman–Crippen MR) is 152 cm³/mol. The van der Waals surface area contributed by atoms with Gasteiger partial charge in [0.15, 0.2) is 0 Å². The number of ether oxygens (including phenoxy) is 1. The number of amides is 2. The lowest BCUT2D eigenvalue weighted by Gasteiger charge is -2.38. The van der Waals surface area contributed by atoms with Gasteiger partial charge in [-0.1, -0.05) is 28.1 Å². The lowest BCUT2D eigenvalue weighted by molar-refractivity contribution is -0.137. The van der Waals surface area contributed by atoms with Crippen LogP contribution in [0.4, 0.5) is 18.9 Å². The molecule has 1 aliphatic heterocycles. The molecular weight excluding hydrogens is 591 g/mol. The fraction of sp³-hybridized carbons (Fsp3) is 0.500. The largest absolute Gasteiger partial charge is 0.416 e. The number of anilines is 1. The number of alkyl halides is 3. The van der Waals surface area contributed by atoms with Crippen molar-refractivity contribution in [2.24, 2.45) is 0 Å². The Morgan fingerprint density at radius 2 is 1.75 bits per heavy atom. The van der Waals surface area contributed by atoms with E-state index >= 15 is 0 Å². The van der Waals surface area contributed by atoms with Crippen molar-refractivity contribution < 1.29 is 27.5 Å². The molecule has 220 valence electrons. The van der Waals surface area contributed by atoms with Crippen molar-refractivity contribution >= 4 is 33.4 Å². The summed E-state index contributed by atoms with van der Waals surface area (Å²) in [6.07, 6.45) is -4.10. The van der Waals surface area contributed by atoms with Crippen LogP contribution >= 0.6 is 15.9 Å². The zero-order valence-electron chi connectivity index (χ0n) is 23.0. The van der Waals surface area contributed by atoms with Crippen LogP contribution in [0.1, 0.15) is 23.6 Å². The molecule has 0 aliphatic carbocycles. The van der Waals surface area contributed by atoms with E-state index in [1.807, 2.05) is 36.1 Å². The Bertz CT molecular complexity index is 1130. The van der Waals surface area contributed by atoms with Crippen LogP contribution in [0, 0.1) is 0 Å². The lowest BCUT2D eigenvalue weighted by Crippen LogP contribution is -2.56. The van der Waals surface area contributed by atoms with E-state index in [4.69, 9.17) is 4.74 Å². The Morgan fingerprint density at radius 1 is 1.07 bits per heavy atom. The van der Waals surface area contributed by atoms with Gasteiger partial charge in [-0.15, -0.1) is 0 Å². The smallest absolute Gasteiger partial charge is 0.383 e. The van der Waals surface area contributed by atoms with Gasteiger partial charge in [0.2, 0.25) is 11.8 Å². The zero-order valence-corrected chi connectivity index (χ0v) is 24.6. The number of nitrogens with one attached hydrogen (secondary N) is 3. The minimum atomic E-state index is -4.45. The Morgan fingerprint density at radius 3 is 2.35 bits per heavy atom. The molecule has 1 saturated heterocycles. The van der Waals surface area contributed by atoms with Crippen molar-refractivity contribution in [2.45, 2.75) is 38.1 Å². The van der Waals surface area contributed by atoms with Gasteiger partial charge in [-0.05, 0) is 55.4 Å². The summed E-state index contributed by atoms with van der Waals surface area (Å²) in [5, 5.41) is 8.87. The molecule has 0 aromatic heterocycles. The fourth-order valence-electron chi connectivity index (χ4n) is 4.66. The van der Waals surface area contributed by atoms with Crippen LogP contribution in [-0.4, -0.2) is 82.3 Å². The number of rotatable bonds is 12. The third-order valence-electron chi connectivity index (χ3n) is 6.72. The second kappa shape index (κ2) is 14.8. The van der Waals surface area contributed by atoms with Crippen LogP contribution in [0.3, 0.4) is 0 Å². The summed E-state index contributed by atoms with van der Waals surface area (Å²) in [5.41, 5.74) is 1.44. The molecule has 8 nitrogen and oxygen atoms in total. The molecule has 40 heavy (non-hydrogen) atoms. The maximum absolute atomic E-state index is 13.5. The first kappa shape index (κ1) is 31.9. The monoisotopic (exact) mass is 627 g/mol. The Hall–Kier alpha value is -2.67. The summed E-state index contributed by atoms with van der Waals surface area (Å²) in [7, 11) is 3.23. The van der Waals surface area contributed by atoms with Crippen molar-refractivity contribution in [3.63, 3.8) is 0 Å². The van der Waals surface area contributed by atoms with Gasteiger partial charge in [0.1, 0.15) is 6.04 Å². The summed E-state index contributed by atoms with van der Waals surface area (Å²) in [5.74, 6) is -0.462. The van der Waals surface area contributed by atoms with Crippen LogP contribution in [0.2, 0.25) is 0 Å². The third kappa shape index (κ3) is 9.18. The molecule has 2 aromatic rings. The quantitative estimate of drug-likeness (QED) is 0.335. The molecule has 0 bridgehead atoms. The minimum Gasteiger partial charge on any atom is -0.383 e. The molecule has 2 amide bonds. The van der Waals surface area contributed by atoms with Crippen LogP contribution in [-0.2, 0) is 33.5 Å². The lowest BCUT2D eigenvalue weighted by atomic mass is 10.0. The van der Waals surface area contributed by atoms with E-state index in [2.05, 4.69) is 31.9 Å². The maximum atomic E-state index is 13.5. The van der Waals surface area contributed by atoms with E-state index in [-0.39, 0.29) is 30.9 Å². The SMILES string of the molecule is CNCC(=O)NC(Cc1ccc(Br)cc1)C(=O)N1CCN(c2ccc(C(F)(F)F)cc2CNC(C)COC)CC1. The number of hydrogen-bond donors (Lipinski definition) is 3. The minimum absolute atomic E-state index is 0.0392. The van der Waals surface area contributed by atoms with E-state index in [0.717, 1.165) is 16.1 Å². The highest BCUT2D eigenvalue weighted by atomic mass is 79.9. The van der Waals surface area contributed by atoms with Crippen LogP contribution < -0.4 is 20.9 Å². The Balaban J connectivity index is 1.73. The second-order valence-corrected chi connectivity index (χ2v) is 10.8. The predicted octanol–water partition coefficient (Wildman–Crippen LogP) is 3.19. The fourth-order valence-corrected chi connectivity index (χ4v) is 4.92. The Labute approximate surface area is 241 Å². The highest BCUT2D eigenvalue weighted by Gasteiger charge is 2.33. The molecule has 2 unspecified atom stereocenters. The highest BCUT2D eigenvalue weighted by Crippen LogP contribution is 2.33. The molecular formula is C28H37BrF3N5O3. The van der Waals surface area contributed by atoms with Crippen molar-refractivity contribution in [3.05, 3.63) is 63.6 Å². The Kier molecular flexibility index (Phi) is 11.8. The van der Waals surface area contributed by atoms with E-state index < -0.39 is 17.8 Å². The molecule has 3 N–H and O–H groups in total. The molecule has 3 rings (SSSR count). The first-order valence-corrected chi connectivity index (χ1v) is 14.0. The van der Waals surface area contributed by atoms with E-state index in [9.17, 15) is 22.8 Å². The topological polar surface area (TPSA) is 85.9 Å². The molecule has 1 fully saturated rings. The van der Waals surface area contributed by atoms with Crippen LogP contribution in [0.15, 0.2) is 46.9 Å². The summed E-state index contributed by atoms with van der Waals surface area (Å²) < 4.78 is 46.4. The molecule has 0 spiro atoms. The number of nitrogens with zero attached hydrogens (tertiary/aromatic N) is 2. The van der Waals surface area contributed by atoms with Gasteiger partial charge < -0.3 is 30.5 Å². The average Bonchev–Trinajstić information content (AvgIpc) is 2.92. The number of piperazine rings is 1. The highest BCUT2D eigenvalue weighted by molar-refractivity contribution is 9.10. The number of carbonyl (C=O) groups is 2. The van der Waals surface area contributed by atoms with E-state index in [1.165, 1.54) is 12.1 Å². The summed E-state index contributed by atoms with van der Waals surface area (Å²) in [6.45, 7) is 4.33. The molecule has 2 atom stereocenters. The van der Waals surface area contributed by atoms with Crippen molar-refractivity contribution in [1.29, 1.82) is 0 Å². The second-order valence-electron chi connectivity index (χ2n) is 9.87. The number of halogens is 4. The van der Waals surface area contributed by atoms with Crippen molar-refractivity contribution in [3.8, 4) is 0 Å². The average molecular weight is 629 g/mol. The summed E-state index contributed by atoms with van der Waals surface area (Å²) >= 11 is 3.41. The number of likely N-dealkylation sites (N-methyl/N-ethyl adjacent to an activating group) is 1. The first-order valence-electron chi connectivity index (χ1n) is 13.2. The van der Waals surface area contributed by atoms with E-state index in [1.54, 1.807) is 19.1 Å². The molecule has 2 aromatic carbocycles. The number of carbonyl (C=O) groups excluding carboxylic acids is 2. The normalized spacial score (nSPS) is 15.6. The molecule has 12 heteroatoms. The van der Waals surface area contributed by atoms with E-state index in [0.29, 0.717) is 50.5 Å². The van der Waals surface area contributed by atoms with Gasteiger partial charge in [-0.2, -0.15) is 13.2 Å². The number of methoxy groups -OCH3 is 1. The molecule has 1 aliphatic rings. The zero-order chi connectivity index (χ0) is 29.3.